The highest BCUT2D eigenvalue weighted by atomic mass is 16.1. The molecule has 0 N–H and O–H groups in total. The van der Waals surface area contributed by atoms with Gasteiger partial charge >= 0.3 is 0 Å². The van der Waals surface area contributed by atoms with Gasteiger partial charge in [0.15, 0.2) is 0 Å². The first-order chi connectivity index (χ1) is 6.73. The van der Waals surface area contributed by atoms with Crippen molar-refractivity contribution in [2.24, 2.45) is 22.7 Å². The topological polar surface area (TPSA) is 17.1 Å². The van der Waals surface area contributed by atoms with E-state index in [0.717, 1.165) is 0 Å². The molecule has 1 saturated carbocycles. The number of hydrogen-bond donors (Lipinski definition) is 0. The molecule has 2 bridgehead atoms. The minimum Gasteiger partial charge on any atom is -0.300 e. The number of allylic oxidation sites excluding steroid dienone is 2. The van der Waals surface area contributed by atoms with Crippen LogP contribution in [0, 0.1) is 22.7 Å². The van der Waals surface area contributed by atoms with Crippen LogP contribution in [0.4, 0.5) is 0 Å². The molecule has 1 fully saturated rings. The second-order valence-electron chi connectivity index (χ2n) is 6.35. The molecule has 0 aliphatic heterocycles. The zero-order valence-electron chi connectivity index (χ0n) is 10.8. The zero-order valence-corrected chi connectivity index (χ0v) is 10.8. The predicted molar refractivity (Wildman–Crippen MR) is 62.5 cm³/mol. The number of rotatable bonds is 1. The van der Waals surface area contributed by atoms with E-state index in [0.29, 0.717) is 11.7 Å². The van der Waals surface area contributed by atoms with Crippen LogP contribution >= 0.6 is 0 Å². The molecule has 1 heteroatoms. The molecule has 0 saturated heterocycles. The highest BCUT2D eigenvalue weighted by Crippen LogP contribution is 2.67. The second-order valence-corrected chi connectivity index (χ2v) is 6.35. The van der Waals surface area contributed by atoms with E-state index in [1.165, 1.54) is 12.0 Å². The number of Topliss-reactive ketones (excluding diaryl/α,β-unsaturated/α-hetero) is 1. The summed E-state index contributed by atoms with van der Waals surface area (Å²) in [6.07, 6.45) is 1.18. The fraction of sp³-hybridized carbons (Fsp3) is 0.786. The fourth-order valence-electron chi connectivity index (χ4n) is 4.59. The summed E-state index contributed by atoms with van der Waals surface area (Å²) in [7, 11) is 0. The van der Waals surface area contributed by atoms with Gasteiger partial charge < -0.3 is 0 Å². The van der Waals surface area contributed by atoms with Crippen LogP contribution in [0.3, 0.4) is 0 Å². The van der Waals surface area contributed by atoms with E-state index in [-0.39, 0.29) is 16.7 Å². The maximum Gasteiger partial charge on any atom is 0.134 e. The van der Waals surface area contributed by atoms with Gasteiger partial charge in [-0.05, 0) is 43.9 Å². The third kappa shape index (κ3) is 1.07. The Morgan fingerprint density at radius 3 is 2.20 bits per heavy atom. The van der Waals surface area contributed by atoms with Gasteiger partial charge in [-0.3, -0.25) is 4.79 Å². The van der Waals surface area contributed by atoms with Crippen molar-refractivity contribution in [3.63, 3.8) is 0 Å². The molecule has 84 valence electrons. The van der Waals surface area contributed by atoms with Gasteiger partial charge in [0, 0.05) is 5.92 Å². The summed E-state index contributed by atoms with van der Waals surface area (Å²) in [6, 6.07) is 0. The average Bonchev–Trinajstić information content (AvgIpc) is 2.42. The van der Waals surface area contributed by atoms with Gasteiger partial charge in [-0.2, -0.15) is 0 Å². The first-order valence-electron chi connectivity index (χ1n) is 5.91. The van der Waals surface area contributed by atoms with Crippen molar-refractivity contribution >= 4 is 5.78 Å². The molecule has 0 aromatic rings. The minimum absolute atomic E-state index is 0.143. The summed E-state index contributed by atoms with van der Waals surface area (Å²) in [4.78, 5) is 11.9. The summed E-state index contributed by atoms with van der Waals surface area (Å²) in [6.45, 7) is 13.1. The number of carbonyl (C=O) groups is 1. The predicted octanol–water partition coefficient (Wildman–Crippen LogP) is 3.59. The summed E-state index contributed by atoms with van der Waals surface area (Å²) < 4.78 is 0. The van der Waals surface area contributed by atoms with Crippen molar-refractivity contribution in [2.75, 3.05) is 0 Å². The summed E-state index contributed by atoms with van der Waals surface area (Å²) in [5.41, 5.74) is 3.32. The van der Waals surface area contributed by atoms with E-state index in [2.05, 4.69) is 34.6 Å². The average molecular weight is 206 g/mol. The Bertz CT molecular complexity index is 362. The Balaban J connectivity index is 2.58. The van der Waals surface area contributed by atoms with E-state index in [9.17, 15) is 4.79 Å². The molecule has 2 rings (SSSR count). The second kappa shape index (κ2) is 2.75. The van der Waals surface area contributed by atoms with Gasteiger partial charge in [-0.15, -0.1) is 0 Å². The van der Waals surface area contributed by atoms with Crippen LogP contribution in [0.2, 0.25) is 0 Å². The monoisotopic (exact) mass is 206 g/mol. The summed E-state index contributed by atoms with van der Waals surface area (Å²) >= 11 is 0. The molecule has 2 aliphatic carbocycles. The largest absolute Gasteiger partial charge is 0.300 e. The van der Waals surface area contributed by atoms with E-state index >= 15 is 0 Å². The molecular formula is C14H22O. The van der Waals surface area contributed by atoms with E-state index < -0.39 is 0 Å². The van der Waals surface area contributed by atoms with Crippen molar-refractivity contribution in [1.29, 1.82) is 0 Å². The molecule has 2 aliphatic rings. The van der Waals surface area contributed by atoms with Crippen molar-refractivity contribution < 1.29 is 4.79 Å². The standard InChI is InChI=1S/C14H22O/c1-8-9(2)14(6)7-11(8)13(4,5)12(14)10(3)15/h11-12H,7H2,1-6H3/t11?,12?,14-/m0/s1. The molecule has 1 nitrogen and oxygen atoms in total. The van der Waals surface area contributed by atoms with Crippen LogP contribution in [0.1, 0.15) is 48.0 Å². The Hall–Kier alpha value is -0.590. The zero-order chi connectivity index (χ0) is 11.6. The molecule has 0 heterocycles. The van der Waals surface area contributed by atoms with E-state index in [4.69, 9.17) is 0 Å². The Morgan fingerprint density at radius 2 is 1.80 bits per heavy atom. The molecule has 15 heavy (non-hydrogen) atoms. The van der Waals surface area contributed by atoms with Gasteiger partial charge in [-0.1, -0.05) is 31.9 Å². The number of carbonyl (C=O) groups excluding carboxylic acids is 1. The SMILES string of the molecule is CC(=O)C1C(C)(C)C2C[C@@]1(C)C(C)=C2C. The lowest BCUT2D eigenvalue weighted by Crippen LogP contribution is -2.40. The maximum absolute atomic E-state index is 11.9. The quantitative estimate of drug-likeness (QED) is 0.599. The first kappa shape index (κ1) is 10.9. The summed E-state index contributed by atoms with van der Waals surface area (Å²) in [5, 5.41) is 0. The first-order valence-corrected chi connectivity index (χ1v) is 5.91. The van der Waals surface area contributed by atoms with Gasteiger partial charge in [0.05, 0.1) is 0 Å². The summed E-state index contributed by atoms with van der Waals surface area (Å²) in [5.74, 6) is 1.21. The third-order valence-corrected chi connectivity index (χ3v) is 5.28. The maximum atomic E-state index is 11.9. The lowest BCUT2D eigenvalue weighted by atomic mass is 9.61. The van der Waals surface area contributed by atoms with Gasteiger partial charge in [-0.25, -0.2) is 0 Å². The van der Waals surface area contributed by atoms with Crippen LogP contribution in [-0.4, -0.2) is 5.78 Å². The number of hydrogen-bond acceptors (Lipinski definition) is 1. The molecular weight excluding hydrogens is 184 g/mol. The van der Waals surface area contributed by atoms with Gasteiger partial charge in [0.2, 0.25) is 0 Å². The fourth-order valence-corrected chi connectivity index (χ4v) is 4.59. The van der Waals surface area contributed by atoms with E-state index in [1.54, 1.807) is 12.5 Å². The van der Waals surface area contributed by atoms with Gasteiger partial charge in [0.1, 0.15) is 5.78 Å². The van der Waals surface area contributed by atoms with Crippen LogP contribution in [0.5, 0.6) is 0 Å². The Kier molecular flexibility index (Phi) is 2.00. The minimum atomic E-state index is 0.143. The lowest BCUT2D eigenvalue weighted by Gasteiger charge is -2.42. The molecule has 0 amide bonds. The molecule has 0 aromatic carbocycles. The normalized spacial score (nSPS) is 42.5. The lowest BCUT2D eigenvalue weighted by molar-refractivity contribution is -0.126. The highest BCUT2D eigenvalue weighted by Gasteiger charge is 2.62. The molecule has 0 aromatic heterocycles. The third-order valence-electron chi connectivity index (χ3n) is 5.28. The molecule has 0 radical (unpaired) electrons. The van der Waals surface area contributed by atoms with E-state index in [1.807, 2.05) is 0 Å². The molecule has 3 atom stereocenters. The van der Waals surface area contributed by atoms with Crippen molar-refractivity contribution in [3.05, 3.63) is 11.1 Å². The smallest absolute Gasteiger partial charge is 0.134 e. The molecule has 2 unspecified atom stereocenters. The van der Waals surface area contributed by atoms with Crippen molar-refractivity contribution in [2.45, 2.75) is 48.0 Å². The van der Waals surface area contributed by atoms with Crippen LogP contribution in [0.25, 0.3) is 0 Å². The Morgan fingerprint density at radius 1 is 1.27 bits per heavy atom. The van der Waals surface area contributed by atoms with Crippen LogP contribution in [-0.2, 0) is 4.79 Å². The molecule has 0 spiro atoms. The van der Waals surface area contributed by atoms with Crippen molar-refractivity contribution in [1.82, 2.24) is 0 Å². The Labute approximate surface area is 92.9 Å². The van der Waals surface area contributed by atoms with Gasteiger partial charge in [0.25, 0.3) is 0 Å². The highest BCUT2D eigenvalue weighted by molar-refractivity contribution is 5.82. The van der Waals surface area contributed by atoms with Crippen LogP contribution < -0.4 is 0 Å². The van der Waals surface area contributed by atoms with Crippen molar-refractivity contribution in [3.8, 4) is 0 Å². The number of fused-ring (bicyclic) bond motifs is 2. The van der Waals surface area contributed by atoms with Crippen LogP contribution in [0.15, 0.2) is 11.1 Å². The number of ketones is 1.